The Morgan fingerprint density at radius 3 is 2.72 bits per heavy atom. The van der Waals surface area contributed by atoms with Crippen LogP contribution in [0.25, 0.3) is 6.08 Å². The fraction of sp³-hybridized carbons (Fsp3) is 0.391. The smallest absolute Gasteiger partial charge is 0.255 e. The van der Waals surface area contributed by atoms with Crippen molar-refractivity contribution in [2.75, 3.05) is 26.2 Å². The molecule has 2 amide bonds. The number of aliphatic hydroxyl groups excluding tert-OH is 1. The van der Waals surface area contributed by atoms with Gasteiger partial charge in [0.25, 0.3) is 5.91 Å². The van der Waals surface area contributed by atoms with Crippen LogP contribution in [0.4, 0.5) is 0 Å². The van der Waals surface area contributed by atoms with Crippen LogP contribution in [0.5, 0.6) is 0 Å². The summed E-state index contributed by atoms with van der Waals surface area (Å²) in [4.78, 5) is 29.6. The van der Waals surface area contributed by atoms with E-state index < -0.39 is 0 Å². The van der Waals surface area contributed by atoms with E-state index in [0.717, 1.165) is 18.4 Å². The van der Waals surface area contributed by atoms with Crippen molar-refractivity contribution in [2.24, 2.45) is 5.41 Å². The van der Waals surface area contributed by atoms with E-state index in [1.807, 2.05) is 63.0 Å². The van der Waals surface area contributed by atoms with Gasteiger partial charge in [0.05, 0.1) is 18.2 Å². The van der Waals surface area contributed by atoms with E-state index in [2.05, 4.69) is 0 Å². The van der Waals surface area contributed by atoms with E-state index in [-0.39, 0.29) is 29.9 Å². The Kier molecular flexibility index (Phi) is 5.83. The van der Waals surface area contributed by atoms with Gasteiger partial charge in [-0.05, 0) is 42.3 Å². The number of fused-ring (bicyclic) bond motifs is 1. The number of carbonyl (C=O) groups is 2. The van der Waals surface area contributed by atoms with E-state index >= 15 is 0 Å². The molecule has 2 aliphatic rings. The normalized spacial score (nSPS) is 24.5. The summed E-state index contributed by atoms with van der Waals surface area (Å²) in [6.07, 6.45) is 5.92. The van der Waals surface area contributed by atoms with Crippen molar-refractivity contribution in [3.05, 3.63) is 64.4 Å². The SMILES string of the molecule is O=C(C=Cc1ccccc1)N1CC[C@]2(CO)CCCN(C(=O)c3ccsc3)[C@H]2C1. The van der Waals surface area contributed by atoms with E-state index in [4.69, 9.17) is 0 Å². The van der Waals surface area contributed by atoms with Crippen LogP contribution in [-0.4, -0.2) is 59.0 Å². The quantitative estimate of drug-likeness (QED) is 0.787. The molecule has 1 N–H and O–H groups in total. The number of thiophene rings is 1. The Morgan fingerprint density at radius 1 is 1.17 bits per heavy atom. The second-order valence-corrected chi connectivity index (χ2v) is 8.71. The van der Waals surface area contributed by atoms with E-state index in [0.29, 0.717) is 31.6 Å². The third-order valence-corrected chi connectivity index (χ3v) is 6.99. The first kappa shape index (κ1) is 19.9. The van der Waals surface area contributed by atoms with Gasteiger partial charge in [-0.15, -0.1) is 0 Å². The molecular formula is C23H26N2O3S. The second-order valence-electron chi connectivity index (χ2n) is 7.93. The summed E-state index contributed by atoms with van der Waals surface area (Å²) in [5.41, 5.74) is 1.36. The maximum Gasteiger partial charge on any atom is 0.255 e. The van der Waals surface area contributed by atoms with Crippen LogP contribution in [0.2, 0.25) is 0 Å². The van der Waals surface area contributed by atoms with Gasteiger partial charge in [0.15, 0.2) is 0 Å². The molecule has 1 aromatic carbocycles. The van der Waals surface area contributed by atoms with Crippen LogP contribution in [0.15, 0.2) is 53.2 Å². The van der Waals surface area contributed by atoms with E-state index in [1.54, 1.807) is 6.08 Å². The first-order valence-corrected chi connectivity index (χ1v) is 11.0. The first-order valence-electron chi connectivity index (χ1n) is 10.1. The number of hydrogen-bond acceptors (Lipinski definition) is 4. The standard InChI is InChI=1S/C23H26N2O3S/c26-17-23-10-4-12-25(22(28)19-9-14-29-16-19)20(23)15-24(13-11-23)21(27)8-7-18-5-2-1-3-6-18/h1-3,5-9,14,16,20,26H,4,10-13,15,17H2/t20-,23-/m0/s1. The molecule has 152 valence electrons. The Hall–Kier alpha value is -2.44. The molecule has 2 saturated heterocycles. The number of rotatable bonds is 4. The van der Waals surface area contributed by atoms with Gasteiger partial charge in [-0.2, -0.15) is 11.3 Å². The summed E-state index contributed by atoms with van der Waals surface area (Å²) in [7, 11) is 0. The van der Waals surface area contributed by atoms with Gasteiger partial charge in [-0.1, -0.05) is 30.3 Å². The number of carbonyl (C=O) groups excluding carboxylic acids is 2. The van der Waals surface area contributed by atoms with Gasteiger partial charge in [-0.25, -0.2) is 0 Å². The molecule has 5 nitrogen and oxygen atoms in total. The van der Waals surface area contributed by atoms with Gasteiger partial charge in [-0.3, -0.25) is 9.59 Å². The number of benzene rings is 1. The Morgan fingerprint density at radius 2 is 2.00 bits per heavy atom. The van der Waals surface area contributed by atoms with Crippen LogP contribution < -0.4 is 0 Å². The van der Waals surface area contributed by atoms with Crippen LogP contribution in [-0.2, 0) is 4.79 Å². The number of piperidine rings is 2. The molecule has 2 atom stereocenters. The third-order valence-electron chi connectivity index (χ3n) is 6.30. The molecule has 0 saturated carbocycles. The van der Waals surface area contributed by atoms with Crippen LogP contribution in [0.1, 0.15) is 35.2 Å². The van der Waals surface area contributed by atoms with Crippen molar-refractivity contribution in [1.29, 1.82) is 0 Å². The molecule has 0 bridgehead atoms. The molecule has 3 heterocycles. The molecule has 0 spiro atoms. The average Bonchev–Trinajstić information content (AvgIpc) is 3.32. The molecule has 1 aromatic heterocycles. The fourth-order valence-electron chi connectivity index (χ4n) is 4.59. The summed E-state index contributed by atoms with van der Waals surface area (Å²) < 4.78 is 0. The number of likely N-dealkylation sites (tertiary alicyclic amines) is 2. The highest BCUT2D eigenvalue weighted by atomic mass is 32.1. The Bertz CT molecular complexity index is 881. The van der Waals surface area contributed by atoms with Gasteiger partial charge in [0, 0.05) is 36.5 Å². The van der Waals surface area contributed by atoms with Gasteiger partial charge in [0.2, 0.25) is 5.91 Å². The lowest BCUT2D eigenvalue weighted by atomic mass is 9.68. The van der Waals surface area contributed by atoms with Crippen molar-refractivity contribution >= 4 is 29.2 Å². The predicted molar refractivity (Wildman–Crippen MR) is 115 cm³/mol. The highest BCUT2D eigenvalue weighted by molar-refractivity contribution is 7.08. The number of amides is 2. The van der Waals surface area contributed by atoms with Gasteiger partial charge < -0.3 is 14.9 Å². The topological polar surface area (TPSA) is 60.9 Å². The number of hydrogen-bond donors (Lipinski definition) is 1. The molecule has 2 aromatic rings. The minimum Gasteiger partial charge on any atom is -0.396 e. The maximum absolute atomic E-state index is 13.1. The Labute approximate surface area is 175 Å². The molecule has 0 radical (unpaired) electrons. The molecular weight excluding hydrogens is 384 g/mol. The van der Waals surface area contributed by atoms with Crippen LogP contribution in [0, 0.1) is 5.41 Å². The lowest BCUT2D eigenvalue weighted by Crippen LogP contribution is -2.64. The predicted octanol–water partition coefficient (Wildman–Crippen LogP) is 3.28. The third kappa shape index (κ3) is 4.00. The molecule has 4 rings (SSSR count). The summed E-state index contributed by atoms with van der Waals surface area (Å²) in [6.45, 7) is 1.79. The van der Waals surface area contributed by atoms with Crippen LogP contribution in [0.3, 0.4) is 0 Å². The molecule has 6 heteroatoms. The zero-order chi connectivity index (χ0) is 20.3. The summed E-state index contributed by atoms with van der Waals surface area (Å²) in [5.74, 6) is -0.0446. The largest absolute Gasteiger partial charge is 0.396 e. The summed E-state index contributed by atoms with van der Waals surface area (Å²) in [6, 6.07) is 11.4. The zero-order valence-corrected chi connectivity index (χ0v) is 17.2. The minimum atomic E-state index is -0.316. The number of nitrogens with zero attached hydrogens (tertiary/aromatic N) is 2. The molecule has 0 aliphatic carbocycles. The van der Waals surface area contributed by atoms with Crippen molar-refractivity contribution in [3.63, 3.8) is 0 Å². The molecule has 0 unspecified atom stereocenters. The van der Waals surface area contributed by atoms with E-state index in [1.165, 1.54) is 11.3 Å². The lowest BCUT2D eigenvalue weighted by molar-refractivity contribution is -0.134. The maximum atomic E-state index is 13.1. The lowest BCUT2D eigenvalue weighted by Gasteiger charge is -2.54. The molecule has 2 fully saturated rings. The van der Waals surface area contributed by atoms with Gasteiger partial charge >= 0.3 is 0 Å². The van der Waals surface area contributed by atoms with Crippen molar-refractivity contribution < 1.29 is 14.7 Å². The highest BCUT2D eigenvalue weighted by Crippen LogP contribution is 2.42. The Balaban J connectivity index is 1.53. The molecule has 29 heavy (non-hydrogen) atoms. The minimum absolute atomic E-state index is 0.00269. The van der Waals surface area contributed by atoms with Crippen LogP contribution >= 0.6 is 11.3 Å². The summed E-state index contributed by atoms with van der Waals surface area (Å²) >= 11 is 1.51. The zero-order valence-electron chi connectivity index (χ0n) is 16.4. The monoisotopic (exact) mass is 410 g/mol. The highest BCUT2D eigenvalue weighted by Gasteiger charge is 2.49. The fourth-order valence-corrected chi connectivity index (χ4v) is 5.22. The van der Waals surface area contributed by atoms with Crippen molar-refractivity contribution in [2.45, 2.75) is 25.3 Å². The van der Waals surface area contributed by atoms with Crippen molar-refractivity contribution in [3.8, 4) is 0 Å². The number of aliphatic hydroxyl groups is 1. The molecule has 2 aliphatic heterocycles. The van der Waals surface area contributed by atoms with Crippen molar-refractivity contribution in [1.82, 2.24) is 9.80 Å². The summed E-state index contributed by atoms with van der Waals surface area (Å²) in [5, 5.41) is 14.0. The average molecular weight is 411 g/mol. The van der Waals surface area contributed by atoms with Gasteiger partial charge in [0.1, 0.15) is 0 Å². The van der Waals surface area contributed by atoms with E-state index in [9.17, 15) is 14.7 Å². The second kappa shape index (κ2) is 8.51. The first-order chi connectivity index (χ1) is 14.1.